The topological polar surface area (TPSA) is 60.9 Å². The molecule has 0 bridgehead atoms. The SMILES string of the molecule is CCCCCN(C)C(=O)N1c2ccccc2CC1C(=O)O. The standard InChI is InChI=1S/C16H22N2O3/c1-3-4-7-10-17(2)16(21)18-13-9-6-5-8-12(13)11-14(18)15(19)20/h5-6,8-9,14H,3-4,7,10-11H2,1-2H3,(H,19,20). The van der Waals surface area contributed by atoms with E-state index in [-0.39, 0.29) is 6.03 Å². The van der Waals surface area contributed by atoms with E-state index in [2.05, 4.69) is 6.92 Å². The molecule has 1 N–H and O–H groups in total. The van der Waals surface area contributed by atoms with Crippen molar-refractivity contribution in [1.82, 2.24) is 4.90 Å². The van der Waals surface area contributed by atoms with E-state index in [1.54, 1.807) is 11.9 Å². The van der Waals surface area contributed by atoms with Gasteiger partial charge in [0.05, 0.1) is 0 Å². The number of carbonyl (C=O) groups is 2. The highest BCUT2D eigenvalue weighted by Gasteiger charge is 2.39. The van der Waals surface area contributed by atoms with Gasteiger partial charge >= 0.3 is 12.0 Å². The Kier molecular flexibility index (Phi) is 4.83. The van der Waals surface area contributed by atoms with Crippen LogP contribution < -0.4 is 4.90 Å². The number of hydrogen-bond acceptors (Lipinski definition) is 2. The minimum absolute atomic E-state index is 0.233. The maximum atomic E-state index is 12.6. The zero-order valence-corrected chi connectivity index (χ0v) is 12.6. The molecule has 5 nitrogen and oxygen atoms in total. The van der Waals surface area contributed by atoms with Crippen molar-refractivity contribution in [2.45, 2.75) is 38.6 Å². The molecule has 2 rings (SSSR count). The van der Waals surface area contributed by atoms with Crippen LogP contribution in [-0.4, -0.2) is 41.6 Å². The third kappa shape index (κ3) is 3.17. The third-order valence-electron chi connectivity index (χ3n) is 3.89. The average Bonchev–Trinajstić information content (AvgIpc) is 2.86. The fourth-order valence-corrected chi connectivity index (χ4v) is 2.70. The molecule has 2 amide bonds. The maximum absolute atomic E-state index is 12.6. The molecule has 1 aliphatic heterocycles. The van der Waals surface area contributed by atoms with E-state index in [1.165, 1.54) is 4.90 Å². The number of anilines is 1. The van der Waals surface area contributed by atoms with Gasteiger partial charge in [-0.1, -0.05) is 38.0 Å². The van der Waals surface area contributed by atoms with Gasteiger partial charge in [-0.2, -0.15) is 0 Å². The van der Waals surface area contributed by atoms with Crippen LogP contribution in [0.15, 0.2) is 24.3 Å². The van der Waals surface area contributed by atoms with Crippen LogP contribution in [0.4, 0.5) is 10.5 Å². The molecule has 1 unspecified atom stereocenters. The lowest BCUT2D eigenvalue weighted by atomic mass is 10.1. The Balaban J connectivity index is 2.18. The highest BCUT2D eigenvalue weighted by molar-refractivity contribution is 6.00. The Morgan fingerprint density at radius 3 is 2.71 bits per heavy atom. The summed E-state index contributed by atoms with van der Waals surface area (Å²) in [6.45, 7) is 2.76. The molecule has 0 fully saturated rings. The van der Waals surface area contributed by atoms with E-state index in [0.717, 1.165) is 30.5 Å². The summed E-state index contributed by atoms with van der Waals surface area (Å²) in [6.07, 6.45) is 3.47. The van der Waals surface area contributed by atoms with Gasteiger partial charge < -0.3 is 10.0 Å². The zero-order valence-electron chi connectivity index (χ0n) is 12.6. The minimum atomic E-state index is -0.957. The second-order valence-electron chi connectivity index (χ2n) is 5.47. The first kappa shape index (κ1) is 15.4. The lowest BCUT2D eigenvalue weighted by molar-refractivity contribution is -0.138. The number of hydrogen-bond donors (Lipinski definition) is 1. The smallest absolute Gasteiger partial charge is 0.327 e. The molecule has 1 heterocycles. The van der Waals surface area contributed by atoms with Crippen molar-refractivity contribution in [2.75, 3.05) is 18.5 Å². The fraction of sp³-hybridized carbons (Fsp3) is 0.500. The van der Waals surface area contributed by atoms with E-state index in [1.807, 2.05) is 24.3 Å². The molecule has 1 aromatic carbocycles. The highest BCUT2D eigenvalue weighted by atomic mass is 16.4. The summed E-state index contributed by atoms with van der Waals surface area (Å²) in [5.41, 5.74) is 1.64. The Morgan fingerprint density at radius 2 is 2.05 bits per heavy atom. The van der Waals surface area contributed by atoms with Crippen LogP contribution in [0.3, 0.4) is 0 Å². The Hall–Kier alpha value is -2.04. The lowest BCUT2D eigenvalue weighted by Crippen LogP contribution is -2.48. The molecule has 0 spiro atoms. The Morgan fingerprint density at radius 1 is 1.33 bits per heavy atom. The molecule has 5 heteroatoms. The van der Waals surface area contributed by atoms with Crippen molar-refractivity contribution in [3.8, 4) is 0 Å². The second-order valence-corrected chi connectivity index (χ2v) is 5.47. The van der Waals surface area contributed by atoms with Crippen LogP contribution in [0, 0.1) is 0 Å². The molecule has 1 aliphatic rings. The van der Waals surface area contributed by atoms with Crippen LogP contribution in [0.2, 0.25) is 0 Å². The average molecular weight is 290 g/mol. The van der Waals surface area contributed by atoms with Gasteiger partial charge in [-0.3, -0.25) is 4.90 Å². The number of benzene rings is 1. The maximum Gasteiger partial charge on any atom is 0.327 e. The summed E-state index contributed by atoms with van der Waals surface area (Å²) < 4.78 is 0. The number of unbranched alkanes of at least 4 members (excludes halogenated alkanes) is 2. The third-order valence-corrected chi connectivity index (χ3v) is 3.89. The van der Waals surface area contributed by atoms with Crippen molar-refractivity contribution < 1.29 is 14.7 Å². The molecular weight excluding hydrogens is 268 g/mol. The van der Waals surface area contributed by atoms with Crippen LogP contribution in [0.5, 0.6) is 0 Å². The van der Waals surface area contributed by atoms with Crippen molar-refractivity contribution in [2.24, 2.45) is 0 Å². The van der Waals surface area contributed by atoms with Crippen molar-refractivity contribution in [1.29, 1.82) is 0 Å². The first-order chi connectivity index (χ1) is 10.1. The quantitative estimate of drug-likeness (QED) is 0.848. The van der Waals surface area contributed by atoms with Gasteiger partial charge in [0.1, 0.15) is 6.04 Å². The number of nitrogens with zero attached hydrogens (tertiary/aromatic N) is 2. The van der Waals surface area contributed by atoms with Crippen LogP contribution in [0.25, 0.3) is 0 Å². The van der Waals surface area contributed by atoms with Crippen molar-refractivity contribution in [3.05, 3.63) is 29.8 Å². The van der Waals surface area contributed by atoms with Gasteiger partial charge in [-0.15, -0.1) is 0 Å². The second kappa shape index (κ2) is 6.61. The normalized spacial score (nSPS) is 16.7. The molecule has 0 saturated heterocycles. The number of aliphatic carboxylic acids is 1. The Bertz CT molecular complexity index is 530. The predicted octanol–water partition coefficient (Wildman–Crippen LogP) is 2.74. The molecular formula is C16H22N2O3. The molecule has 21 heavy (non-hydrogen) atoms. The summed E-state index contributed by atoms with van der Waals surface area (Å²) >= 11 is 0. The number of carboxylic acid groups (broad SMARTS) is 1. The number of amides is 2. The largest absolute Gasteiger partial charge is 0.480 e. The van der Waals surface area contributed by atoms with E-state index in [9.17, 15) is 14.7 Å². The Labute approximate surface area is 125 Å². The van der Waals surface area contributed by atoms with Gasteiger partial charge in [-0.25, -0.2) is 9.59 Å². The van der Waals surface area contributed by atoms with E-state index in [4.69, 9.17) is 0 Å². The van der Waals surface area contributed by atoms with Gasteiger partial charge in [0.25, 0.3) is 0 Å². The van der Waals surface area contributed by atoms with Gasteiger partial charge in [-0.05, 0) is 18.1 Å². The zero-order chi connectivity index (χ0) is 15.4. The summed E-state index contributed by atoms with van der Waals surface area (Å²) in [5, 5.41) is 9.39. The molecule has 114 valence electrons. The van der Waals surface area contributed by atoms with Gasteiger partial charge in [0.15, 0.2) is 0 Å². The van der Waals surface area contributed by atoms with Crippen molar-refractivity contribution >= 4 is 17.7 Å². The van der Waals surface area contributed by atoms with E-state index >= 15 is 0 Å². The summed E-state index contributed by atoms with van der Waals surface area (Å²) in [6, 6.07) is 6.37. The predicted molar refractivity (Wildman–Crippen MR) is 81.6 cm³/mol. The number of urea groups is 1. The molecule has 0 aromatic heterocycles. The van der Waals surface area contributed by atoms with Crippen LogP contribution in [0.1, 0.15) is 31.7 Å². The number of carbonyl (C=O) groups excluding carboxylic acids is 1. The first-order valence-corrected chi connectivity index (χ1v) is 7.41. The fourth-order valence-electron chi connectivity index (χ4n) is 2.70. The van der Waals surface area contributed by atoms with Crippen molar-refractivity contribution in [3.63, 3.8) is 0 Å². The van der Waals surface area contributed by atoms with Gasteiger partial charge in [0, 0.05) is 25.7 Å². The first-order valence-electron chi connectivity index (χ1n) is 7.41. The van der Waals surface area contributed by atoms with Gasteiger partial charge in [0.2, 0.25) is 0 Å². The summed E-state index contributed by atoms with van der Waals surface area (Å²) in [7, 11) is 1.73. The molecule has 0 aliphatic carbocycles. The van der Waals surface area contributed by atoms with E-state index in [0.29, 0.717) is 13.0 Å². The van der Waals surface area contributed by atoms with Crippen LogP contribution >= 0.6 is 0 Å². The monoisotopic (exact) mass is 290 g/mol. The molecule has 0 saturated carbocycles. The highest BCUT2D eigenvalue weighted by Crippen LogP contribution is 2.32. The number of carboxylic acids is 1. The summed E-state index contributed by atoms with van der Waals surface area (Å²) in [5.74, 6) is -0.957. The molecule has 0 radical (unpaired) electrons. The number of rotatable bonds is 5. The minimum Gasteiger partial charge on any atom is -0.480 e. The molecule has 1 atom stereocenters. The number of fused-ring (bicyclic) bond motifs is 1. The van der Waals surface area contributed by atoms with Crippen LogP contribution in [-0.2, 0) is 11.2 Å². The lowest BCUT2D eigenvalue weighted by Gasteiger charge is -2.28. The number of para-hydroxylation sites is 1. The summed E-state index contributed by atoms with van der Waals surface area (Å²) in [4.78, 5) is 27.1. The molecule has 1 aromatic rings. The van der Waals surface area contributed by atoms with E-state index < -0.39 is 12.0 Å².